The fraction of sp³-hybridized carbons (Fsp3) is 0.308. The van der Waals surface area contributed by atoms with Crippen LogP contribution in [0.1, 0.15) is 12.5 Å². The van der Waals surface area contributed by atoms with E-state index in [-0.39, 0.29) is 5.97 Å². The van der Waals surface area contributed by atoms with Gasteiger partial charge in [-0.25, -0.2) is 4.79 Å². The number of esters is 1. The molecule has 0 atom stereocenters. The van der Waals surface area contributed by atoms with Crippen LogP contribution in [-0.2, 0) is 20.8 Å². The van der Waals surface area contributed by atoms with Crippen molar-refractivity contribution in [2.24, 2.45) is 0 Å². The Morgan fingerprint density at radius 3 is 2.65 bits per heavy atom. The summed E-state index contributed by atoms with van der Waals surface area (Å²) in [4.78, 5) is 16.4. The standard InChI is InChI=1S/C13H17NO3/c1-3-17-13(15)12(10-14-16-2)9-11-7-5-4-6-8-11/h4-8,10,14H,3,9H2,1-2H3. The maximum absolute atomic E-state index is 11.7. The van der Waals surface area contributed by atoms with Crippen molar-refractivity contribution in [2.75, 3.05) is 13.7 Å². The van der Waals surface area contributed by atoms with Crippen LogP contribution >= 0.6 is 0 Å². The number of nitrogens with one attached hydrogen (secondary N) is 1. The molecule has 1 rings (SSSR count). The van der Waals surface area contributed by atoms with Crippen molar-refractivity contribution in [1.82, 2.24) is 5.48 Å². The molecule has 0 bridgehead atoms. The van der Waals surface area contributed by atoms with Crippen molar-refractivity contribution in [1.29, 1.82) is 0 Å². The summed E-state index contributed by atoms with van der Waals surface area (Å²) < 4.78 is 4.97. The third kappa shape index (κ3) is 4.70. The first-order valence-electron chi connectivity index (χ1n) is 5.46. The van der Waals surface area contributed by atoms with E-state index in [9.17, 15) is 4.79 Å². The van der Waals surface area contributed by atoms with Crippen LogP contribution in [0.5, 0.6) is 0 Å². The van der Waals surface area contributed by atoms with Gasteiger partial charge in [-0.2, -0.15) is 0 Å². The van der Waals surface area contributed by atoms with Crippen LogP contribution in [0, 0.1) is 0 Å². The van der Waals surface area contributed by atoms with Crippen LogP contribution in [0.15, 0.2) is 42.1 Å². The molecule has 0 aliphatic heterocycles. The Kier molecular flexibility index (Phi) is 5.82. The lowest BCUT2D eigenvalue weighted by Crippen LogP contribution is -2.14. The molecular weight excluding hydrogens is 218 g/mol. The van der Waals surface area contributed by atoms with Crippen molar-refractivity contribution in [3.63, 3.8) is 0 Å². The number of hydroxylamine groups is 1. The van der Waals surface area contributed by atoms with Crippen LogP contribution in [0.4, 0.5) is 0 Å². The second-order valence-corrected chi connectivity index (χ2v) is 3.37. The number of hydrogen-bond acceptors (Lipinski definition) is 4. The van der Waals surface area contributed by atoms with Gasteiger partial charge in [-0.15, -0.1) is 0 Å². The Morgan fingerprint density at radius 1 is 1.35 bits per heavy atom. The molecule has 0 radical (unpaired) electrons. The number of carbonyl (C=O) groups is 1. The summed E-state index contributed by atoms with van der Waals surface area (Å²) in [5, 5.41) is 0. The summed E-state index contributed by atoms with van der Waals surface area (Å²) >= 11 is 0. The average molecular weight is 235 g/mol. The van der Waals surface area contributed by atoms with E-state index in [1.165, 1.54) is 13.3 Å². The number of rotatable bonds is 6. The van der Waals surface area contributed by atoms with E-state index in [1.807, 2.05) is 30.3 Å². The molecular formula is C13H17NO3. The Labute approximate surface area is 101 Å². The zero-order chi connectivity index (χ0) is 12.5. The summed E-state index contributed by atoms with van der Waals surface area (Å²) in [6.07, 6.45) is 2.03. The molecule has 0 fully saturated rings. The zero-order valence-electron chi connectivity index (χ0n) is 10.1. The van der Waals surface area contributed by atoms with Crippen molar-refractivity contribution in [3.05, 3.63) is 47.7 Å². The third-order valence-corrected chi connectivity index (χ3v) is 2.13. The molecule has 0 unspecified atom stereocenters. The van der Waals surface area contributed by atoms with Gasteiger partial charge in [-0.3, -0.25) is 10.3 Å². The summed E-state index contributed by atoms with van der Waals surface area (Å²) in [6.45, 7) is 2.14. The van der Waals surface area contributed by atoms with E-state index in [1.54, 1.807) is 6.92 Å². The summed E-state index contributed by atoms with van der Waals surface area (Å²) in [5.41, 5.74) is 4.12. The molecule has 0 amide bonds. The first-order chi connectivity index (χ1) is 8.27. The second kappa shape index (κ2) is 7.46. The van der Waals surface area contributed by atoms with Gasteiger partial charge in [0.15, 0.2) is 0 Å². The van der Waals surface area contributed by atoms with Gasteiger partial charge in [0.05, 0.1) is 19.3 Å². The average Bonchev–Trinajstić information content (AvgIpc) is 2.36. The zero-order valence-corrected chi connectivity index (χ0v) is 10.1. The minimum absolute atomic E-state index is 0.332. The molecule has 0 saturated carbocycles. The van der Waals surface area contributed by atoms with E-state index in [0.717, 1.165) is 5.56 Å². The van der Waals surface area contributed by atoms with Gasteiger partial charge in [0, 0.05) is 12.6 Å². The van der Waals surface area contributed by atoms with Crippen LogP contribution in [0.3, 0.4) is 0 Å². The quantitative estimate of drug-likeness (QED) is 0.464. The van der Waals surface area contributed by atoms with Crippen LogP contribution in [0.25, 0.3) is 0 Å². The predicted octanol–water partition coefficient (Wildman–Crippen LogP) is 1.83. The van der Waals surface area contributed by atoms with Gasteiger partial charge in [-0.05, 0) is 12.5 Å². The Hall–Kier alpha value is -1.81. The molecule has 92 valence electrons. The van der Waals surface area contributed by atoms with Crippen molar-refractivity contribution in [3.8, 4) is 0 Å². The predicted molar refractivity (Wildman–Crippen MR) is 65.0 cm³/mol. The molecule has 0 aromatic heterocycles. The SMILES string of the molecule is CCOC(=O)C(=CNOC)Cc1ccccc1. The summed E-state index contributed by atoms with van der Waals surface area (Å²) in [5.74, 6) is -0.332. The van der Waals surface area contributed by atoms with Gasteiger partial charge in [0.2, 0.25) is 0 Å². The van der Waals surface area contributed by atoms with Crippen LogP contribution < -0.4 is 5.48 Å². The maximum Gasteiger partial charge on any atom is 0.335 e. The Bertz CT molecular complexity index is 374. The monoisotopic (exact) mass is 235 g/mol. The molecule has 0 aliphatic carbocycles. The third-order valence-electron chi connectivity index (χ3n) is 2.13. The highest BCUT2D eigenvalue weighted by molar-refractivity contribution is 5.88. The van der Waals surface area contributed by atoms with Gasteiger partial charge in [0.1, 0.15) is 0 Å². The van der Waals surface area contributed by atoms with Crippen molar-refractivity contribution >= 4 is 5.97 Å². The fourth-order valence-corrected chi connectivity index (χ4v) is 1.35. The number of ether oxygens (including phenoxy) is 1. The highest BCUT2D eigenvalue weighted by Gasteiger charge is 2.11. The minimum atomic E-state index is -0.332. The summed E-state index contributed by atoms with van der Waals surface area (Å²) in [6, 6.07) is 9.72. The van der Waals surface area contributed by atoms with E-state index >= 15 is 0 Å². The second-order valence-electron chi connectivity index (χ2n) is 3.37. The number of benzene rings is 1. The molecule has 1 aromatic carbocycles. The molecule has 0 heterocycles. The highest BCUT2D eigenvalue weighted by Crippen LogP contribution is 2.09. The Morgan fingerprint density at radius 2 is 2.06 bits per heavy atom. The van der Waals surface area contributed by atoms with Crippen LogP contribution in [-0.4, -0.2) is 19.7 Å². The molecule has 0 saturated heterocycles. The number of hydrogen-bond donors (Lipinski definition) is 1. The maximum atomic E-state index is 11.7. The Balaban J connectivity index is 2.74. The summed E-state index contributed by atoms with van der Waals surface area (Å²) in [7, 11) is 1.49. The van der Waals surface area contributed by atoms with Crippen LogP contribution in [0.2, 0.25) is 0 Å². The molecule has 1 N–H and O–H groups in total. The lowest BCUT2D eigenvalue weighted by Gasteiger charge is -2.07. The van der Waals surface area contributed by atoms with Gasteiger partial charge < -0.3 is 4.74 Å². The highest BCUT2D eigenvalue weighted by atomic mass is 16.6. The topological polar surface area (TPSA) is 47.6 Å². The first kappa shape index (κ1) is 13.3. The van der Waals surface area contributed by atoms with Gasteiger partial charge in [-0.1, -0.05) is 30.3 Å². The van der Waals surface area contributed by atoms with Gasteiger partial charge in [0.25, 0.3) is 0 Å². The van der Waals surface area contributed by atoms with E-state index in [4.69, 9.17) is 9.57 Å². The fourth-order valence-electron chi connectivity index (χ4n) is 1.35. The van der Waals surface area contributed by atoms with E-state index in [0.29, 0.717) is 18.6 Å². The molecule has 1 aromatic rings. The minimum Gasteiger partial charge on any atom is -0.463 e. The molecule has 0 aliphatic rings. The lowest BCUT2D eigenvalue weighted by atomic mass is 10.1. The smallest absolute Gasteiger partial charge is 0.335 e. The molecule has 4 nitrogen and oxygen atoms in total. The lowest BCUT2D eigenvalue weighted by molar-refractivity contribution is -0.138. The van der Waals surface area contributed by atoms with Gasteiger partial charge >= 0.3 is 5.97 Å². The molecule has 4 heteroatoms. The first-order valence-corrected chi connectivity index (χ1v) is 5.46. The van der Waals surface area contributed by atoms with Crippen molar-refractivity contribution in [2.45, 2.75) is 13.3 Å². The molecule has 0 spiro atoms. The largest absolute Gasteiger partial charge is 0.463 e. The van der Waals surface area contributed by atoms with Crippen molar-refractivity contribution < 1.29 is 14.4 Å². The molecule has 17 heavy (non-hydrogen) atoms. The normalized spacial score (nSPS) is 11.1. The number of carbonyl (C=O) groups excluding carboxylic acids is 1. The van der Waals surface area contributed by atoms with E-state index < -0.39 is 0 Å². The van der Waals surface area contributed by atoms with E-state index in [2.05, 4.69) is 5.48 Å².